The molecule has 11 heterocycles. The smallest absolute Gasteiger partial charge is 0.149 e. The molecule has 0 saturated carbocycles. The largest absolute Gasteiger partial charge is 0.507 e. The molecule has 0 aliphatic rings. The number of aromatic hydroxyl groups is 6. The van der Waals surface area contributed by atoms with Crippen molar-refractivity contribution >= 4 is 82.1 Å². The monoisotopic (exact) mass is 1800 g/mol. The van der Waals surface area contributed by atoms with Gasteiger partial charge in [-0.2, -0.15) is 0 Å². The van der Waals surface area contributed by atoms with Crippen molar-refractivity contribution in [2.75, 3.05) is 13.2 Å². The van der Waals surface area contributed by atoms with Crippen molar-refractivity contribution in [3.63, 3.8) is 0 Å². The molecule has 13 aromatic carbocycles. The van der Waals surface area contributed by atoms with Gasteiger partial charge in [0.25, 0.3) is 0 Å². The van der Waals surface area contributed by atoms with E-state index in [1.807, 2.05) is 181 Å². The lowest BCUT2D eigenvalue weighted by Crippen LogP contribution is -2.17. The molecule has 0 aliphatic carbocycles. The summed E-state index contributed by atoms with van der Waals surface area (Å²) in [7, 11) is 0. The summed E-state index contributed by atoms with van der Waals surface area (Å²) in [6.45, 7) is 33.7. The third-order valence-electron chi connectivity index (χ3n) is 24.5. The molecule has 0 radical (unpaired) electrons. The third-order valence-corrected chi connectivity index (χ3v) is 24.9. The van der Waals surface area contributed by atoms with Crippen molar-refractivity contribution in [1.82, 2.24) is 79.8 Å². The van der Waals surface area contributed by atoms with E-state index in [9.17, 15) is 30.6 Å². The molecule has 0 fully saturated rings. The van der Waals surface area contributed by atoms with E-state index in [0.717, 1.165) is 154 Å². The molecule has 664 valence electrons. The van der Waals surface area contributed by atoms with Crippen LogP contribution >= 0.6 is 15.9 Å². The van der Waals surface area contributed by atoms with Crippen LogP contribution in [0, 0.1) is 13.8 Å². The SMILES string of the molecule is CC(C)(C)c1cc(-n2n3c4ccc(Br)cc4n23)c(O)c(C(C)(C)C)c1.CCC(C)c1cc(C(C)(C)C)cc(-n2n3c4ccccc4n23)c1O.CCCCOc1ccc(O)c(-n2n3c4ccccc4n23)c1.CCCOc1ccc(O)c(-n2n3c4ccccc4n23)c1.Cc1ccc(O)c(-n2n3c4ccccc4n23)c1.Cc1ccccc1-n1c(-c2ccccc2O)nc2ccccc21. The van der Waals surface area contributed by atoms with E-state index in [-0.39, 0.29) is 33.5 Å². The number of phenols is 6. The Labute approximate surface area is 758 Å². The highest BCUT2D eigenvalue weighted by atomic mass is 79.9. The molecular formula is C104H108BrN17O8. The molecule has 6 N–H and O–H groups in total. The Morgan fingerprint density at radius 2 is 0.746 bits per heavy atom. The summed E-state index contributed by atoms with van der Waals surface area (Å²) < 4.78 is 35.0. The normalized spacial score (nSPS) is 12.5. The number of phenolic OH excluding ortho intramolecular Hbond substituents is 6. The van der Waals surface area contributed by atoms with Crippen LogP contribution in [-0.2, 0) is 16.2 Å². The first-order valence-corrected chi connectivity index (χ1v) is 45.2. The lowest BCUT2D eigenvalue weighted by molar-refractivity contribution is 0.308. The molecule has 24 rings (SSSR count). The number of ether oxygens (including phenoxy) is 2. The fourth-order valence-electron chi connectivity index (χ4n) is 16.9. The number of nitrogens with zero attached hydrogens (tertiary/aromatic N) is 17. The fourth-order valence-corrected chi connectivity index (χ4v) is 17.2. The summed E-state index contributed by atoms with van der Waals surface area (Å²) in [5.74, 6) is 4.43. The van der Waals surface area contributed by atoms with Crippen LogP contribution in [0.5, 0.6) is 46.0 Å². The van der Waals surface area contributed by atoms with Gasteiger partial charge in [0, 0.05) is 22.2 Å². The number of unbranched alkanes of at least 4 members (excludes halogenated alkanes) is 1. The molecule has 130 heavy (non-hydrogen) atoms. The van der Waals surface area contributed by atoms with Crippen molar-refractivity contribution < 1.29 is 40.1 Å². The zero-order valence-electron chi connectivity index (χ0n) is 75.7. The molecule has 1 unspecified atom stereocenters. The molecule has 0 saturated heterocycles. The van der Waals surface area contributed by atoms with Gasteiger partial charge < -0.3 is 40.1 Å². The van der Waals surface area contributed by atoms with Gasteiger partial charge in [0.15, 0.2) is 0 Å². The first kappa shape index (κ1) is 84.7. The molecule has 24 aromatic rings. The van der Waals surface area contributed by atoms with Gasteiger partial charge in [-0.05, 0) is 229 Å². The second-order valence-electron chi connectivity index (χ2n) is 36.7. The van der Waals surface area contributed by atoms with Gasteiger partial charge in [-0.1, -0.05) is 222 Å². The number of aromatic nitrogens is 17. The lowest BCUT2D eigenvalue weighted by atomic mass is 9.80. The Kier molecular flexibility index (Phi) is 21.2. The predicted octanol–water partition coefficient (Wildman–Crippen LogP) is 23.8. The van der Waals surface area contributed by atoms with Crippen molar-refractivity contribution in [1.29, 1.82) is 0 Å². The Balaban J connectivity index is 0.000000101. The minimum absolute atomic E-state index is 0.0120. The minimum Gasteiger partial charge on any atom is -0.507 e. The number of fused-ring (bicyclic) bond motifs is 21. The number of benzene rings is 13. The van der Waals surface area contributed by atoms with E-state index < -0.39 is 0 Å². The van der Waals surface area contributed by atoms with E-state index in [4.69, 9.17) is 14.5 Å². The van der Waals surface area contributed by atoms with Gasteiger partial charge in [0.05, 0.1) is 35.5 Å². The second-order valence-corrected chi connectivity index (χ2v) is 37.6. The van der Waals surface area contributed by atoms with Crippen molar-refractivity contribution in [2.24, 2.45) is 0 Å². The number of aryl methyl sites for hydroxylation is 2. The summed E-state index contributed by atoms with van der Waals surface area (Å²) in [6, 6.07) is 87.4. The van der Waals surface area contributed by atoms with Gasteiger partial charge >= 0.3 is 0 Å². The van der Waals surface area contributed by atoms with Gasteiger partial charge in [-0.3, -0.25) is 4.57 Å². The van der Waals surface area contributed by atoms with E-state index >= 15 is 0 Å². The first-order chi connectivity index (χ1) is 62.5. The van der Waals surface area contributed by atoms with Gasteiger partial charge in [-0.25, -0.2) is 4.98 Å². The average molecular weight is 1800 g/mol. The van der Waals surface area contributed by atoms with Crippen LogP contribution in [0.1, 0.15) is 155 Å². The van der Waals surface area contributed by atoms with E-state index in [1.54, 1.807) is 36.4 Å². The molecule has 0 spiro atoms. The summed E-state index contributed by atoms with van der Waals surface area (Å²) in [6.07, 6.45) is 4.11. The van der Waals surface area contributed by atoms with Crippen LogP contribution in [0.4, 0.5) is 0 Å². The van der Waals surface area contributed by atoms with E-state index in [2.05, 4.69) is 244 Å². The zero-order valence-corrected chi connectivity index (χ0v) is 77.3. The summed E-state index contributed by atoms with van der Waals surface area (Å²) in [5.41, 5.74) is 26.0. The standard InChI is InChI=1S/C20H24BrN3O.C20H25N3O.C20H16N2O.C16H17N3O2.C15H15N3O2.C13H11N3O/c1-19(2,3)12-9-14(20(4,5)6)18(25)17(10-12)24-22-15-8-7-13(21)11-16(15)23(22)24;1-6-13(2)15-11-14(20(3,4)5)12-18(19(15)24)23-21-16-9-7-8-10-17(16)22(21)23;1-14-8-2-5-11-17(14)22-18-12-6-4-10-16(18)21-20(22)15-9-3-7-13-19(15)23;1-2-3-10-21-12-8-9-16(20)15(11-12)19-17-13-6-4-5-7-14(13)18(17)19;1-2-9-20-11-7-8-15(19)14(10-11)18-16-12-5-3-4-6-13(12)17(16)18;1-9-6-7-13(17)12(8-9)16-14-10-4-2-3-5-11(10)15(14)16/h7-11,25H,1-6H3;7-13,24H,6H2,1-5H3;2-13,23H,1H3;4-9,11,20H,2-3,10H2,1H3;3-8,10,19H,2,9H2,1H3;2-8,17H,1H3. The van der Waals surface area contributed by atoms with Crippen LogP contribution in [0.3, 0.4) is 0 Å². The highest BCUT2D eigenvalue weighted by Crippen LogP contribution is 2.45. The Bertz CT molecular complexity index is 7930. The zero-order chi connectivity index (χ0) is 91.0. The molecular weight excluding hydrogens is 1700 g/mol. The maximum Gasteiger partial charge on any atom is 0.149 e. The van der Waals surface area contributed by atoms with E-state index in [0.29, 0.717) is 36.4 Å². The molecule has 26 heteroatoms. The van der Waals surface area contributed by atoms with Crippen molar-refractivity contribution in [3.05, 3.63) is 305 Å². The van der Waals surface area contributed by atoms with Crippen LogP contribution in [0.25, 0.3) is 112 Å². The van der Waals surface area contributed by atoms with Crippen LogP contribution in [-0.4, -0.2) is 124 Å². The van der Waals surface area contributed by atoms with Crippen LogP contribution < -0.4 is 9.47 Å². The Hall–Kier alpha value is -14.8. The highest BCUT2D eigenvalue weighted by Gasteiger charge is 2.35. The average Bonchev–Trinajstić information content (AvgIpc) is 1.56. The summed E-state index contributed by atoms with van der Waals surface area (Å²) >= 11 is 3.53. The molecule has 1 atom stereocenters. The summed E-state index contributed by atoms with van der Waals surface area (Å²) in [4.78, 5) is 14.7. The third kappa shape index (κ3) is 14.9. The second kappa shape index (κ2) is 32.5. The van der Waals surface area contributed by atoms with Gasteiger partial charge in [0.1, 0.15) is 135 Å². The predicted molar refractivity (Wildman–Crippen MR) is 519 cm³/mol. The molecule has 11 aromatic heterocycles. The molecule has 0 aliphatic heterocycles. The summed E-state index contributed by atoms with van der Waals surface area (Å²) in [5, 5.41) is 62.3. The maximum atomic E-state index is 11.0. The number of rotatable bonds is 16. The number of para-hydroxylation sites is 12. The van der Waals surface area contributed by atoms with Crippen molar-refractivity contribution in [2.45, 2.75) is 152 Å². The lowest BCUT2D eigenvalue weighted by Gasteiger charge is -2.26. The highest BCUT2D eigenvalue weighted by molar-refractivity contribution is 9.10. The number of hydrogen-bond acceptors (Lipinski definition) is 9. The van der Waals surface area contributed by atoms with Crippen LogP contribution in [0.2, 0.25) is 0 Å². The number of halogens is 1. The quantitative estimate of drug-likeness (QED) is 0.0505. The molecule has 0 amide bonds. The Morgan fingerprint density at radius 3 is 1.20 bits per heavy atom. The first-order valence-electron chi connectivity index (χ1n) is 44.4. The molecule has 0 bridgehead atoms. The van der Waals surface area contributed by atoms with Gasteiger partial charge in [-0.15, -0.1) is 70.3 Å². The fraction of sp³-hybridized carbons (Fsp3) is 0.240. The van der Waals surface area contributed by atoms with Crippen LogP contribution in [0.15, 0.2) is 271 Å². The topological polar surface area (TPSA) is 226 Å². The van der Waals surface area contributed by atoms with Crippen molar-refractivity contribution in [3.8, 4) is 91.5 Å². The van der Waals surface area contributed by atoms with Gasteiger partial charge in [0.2, 0.25) is 0 Å². The minimum atomic E-state index is -0.129. The Morgan fingerprint density at radius 1 is 0.346 bits per heavy atom. The maximum absolute atomic E-state index is 11.0. The molecule has 25 nitrogen and oxygen atoms in total. The van der Waals surface area contributed by atoms with E-state index in [1.165, 1.54) is 33.2 Å². The number of imidazole rings is 1. The number of hydrogen-bond donors (Lipinski definition) is 6.